The van der Waals surface area contributed by atoms with Crippen LogP contribution in [0.4, 0.5) is 5.69 Å². The van der Waals surface area contributed by atoms with E-state index in [9.17, 15) is 8.42 Å². The third kappa shape index (κ3) is 2.68. The van der Waals surface area contributed by atoms with E-state index in [1.807, 2.05) is 66.7 Å². The smallest absolute Gasteiger partial charge is 0.262 e. The van der Waals surface area contributed by atoms with Crippen LogP contribution in [-0.4, -0.2) is 13.4 Å². The molecule has 0 aliphatic rings. The van der Waals surface area contributed by atoms with Gasteiger partial charge in [-0.25, -0.2) is 8.42 Å². The lowest BCUT2D eigenvalue weighted by Crippen LogP contribution is -2.13. The fraction of sp³-hybridized carbons (Fsp3) is 0. The van der Waals surface area contributed by atoms with Gasteiger partial charge in [-0.1, -0.05) is 66.7 Å². The number of hydrogen-bond donors (Lipinski definition) is 1. The molecule has 1 aromatic heterocycles. The third-order valence-electron chi connectivity index (χ3n) is 4.90. The Labute approximate surface area is 162 Å². The number of nitrogens with zero attached hydrogens (tertiary/aromatic N) is 1. The summed E-state index contributed by atoms with van der Waals surface area (Å²) >= 11 is 0. The van der Waals surface area contributed by atoms with Crippen LogP contribution < -0.4 is 4.72 Å². The second-order valence-corrected chi connectivity index (χ2v) is 8.28. The fourth-order valence-electron chi connectivity index (χ4n) is 3.63. The van der Waals surface area contributed by atoms with Gasteiger partial charge in [0.1, 0.15) is 0 Å². The van der Waals surface area contributed by atoms with Crippen molar-refractivity contribution in [3.63, 3.8) is 0 Å². The van der Waals surface area contributed by atoms with E-state index in [0.717, 1.165) is 27.1 Å². The number of nitrogens with one attached hydrogen (secondary N) is 1. The average molecular weight is 384 g/mol. The van der Waals surface area contributed by atoms with E-state index in [1.54, 1.807) is 24.4 Å². The van der Waals surface area contributed by atoms with Crippen molar-refractivity contribution in [2.24, 2.45) is 0 Å². The molecule has 0 atom stereocenters. The summed E-state index contributed by atoms with van der Waals surface area (Å²) in [6, 6.07) is 26.2. The molecule has 0 unspecified atom stereocenters. The van der Waals surface area contributed by atoms with E-state index < -0.39 is 10.0 Å². The summed E-state index contributed by atoms with van der Waals surface area (Å²) in [6.07, 6.45) is 1.72. The van der Waals surface area contributed by atoms with Crippen LogP contribution in [-0.2, 0) is 10.0 Å². The van der Waals surface area contributed by atoms with Gasteiger partial charge < -0.3 is 0 Å². The molecular weight excluding hydrogens is 368 g/mol. The second-order valence-electron chi connectivity index (χ2n) is 6.63. The molecule has 28 heavy (non-hydrogen) atoms. The number of fused-ring (bicyclic) bond motifs is 4. The highest BCUT2D eigenvalue weighted by Crippen LogP contribution is 2.32. The largest absolute Gasteiger partial charge is 0.279 e. The lowest BCUT2D eigenvalue weighted by atomic mass is 10.0. The van der Waals surface area contributed by atoms with Crippen LogP contribution >= 0.6 is 0 Å². The van der Waals surface area contributed by atoms with Gasteiger partial charge in [0.25, 0.3) is 10.0 Å². The Morgan fingerprint density at radius 2 is 1.39 bits per heavy atom. The molecule has 5 aromatic rings. The molecule has 0 aliphatic heterocycles. The molecule has 136 valence electrons. The number of pyridine rings is 1. The first kappa shape index (κ1) is 16.7. The topological polar surface area (TPSA) is 59.1 Å². The molecule has 4 nitrogen and oxygen atoms in total. The number of anilines is 1. The van der Waals surface area contributed by atoms with Gasteiger partial charge in [-0.15, -0.1) is 0 Å². The summed E-state index contributed by atoms with van der Waals surface area (Å²) in [5, 5.41) is 4.27. The molecule has 0 saturated carbocycles. The Morgan fingerprint density at radius 3 is 2.32 bits per heavy atom. The molecule has 0 radical (unpaired) electrons. The zero-order valence-electron chi connectivity index (χ0n) is 14.8. The van der Waals surface area contributed by atoms with Crippen LogP contribution in [0.15, 0.2) is 96.0 Å². The van der Waals surface area contributed by atoms with E-state index in [1.165, 1.54) is 0 Å². The molecule has 1 N–H and O–H groups in total. The maximum absolute atomic E-state index is 13.3. The molecule has 0 spiro atoms. The molecule has 1 heterocycles. The summed E-state index contributed by atoms with van der Waals surface area (Å²) in [7, 11) is -3.78. The van der Waals surface area contributed by atoms with Gasteiger partial charge in [-0.05, 0) is 29.0 Å². The summed E-state index contributed by atoms with van der Waals surface area (Å²) in [4.78, 5) is 4.75. The van der Waals surface area contributed by atoms with E-state index in [0.29, 0.717) is 11.1 Å². The Kier molecular flexibility index (Phi) is 3.77. The van der Waals surface area contributed by atoms with Crippen LogP contribution in [0, 0.1) is 0 Å². The number of sulfonamides is 1. The number of aromatic nitrogens is 1. The zero-order valence-corrected chi connectivity index (χ0v) is 15.6. The normalized spacial score (nSPS) is 11.9. The van der Waals surface area contributed by atoms with Gasteiger partial charge in [-0.3, -0.25) is 9.71 Å². The summed E-state index contributed by atoms with van der Waals surface area (Å²) in [5.74, 6) is 0. The van der Waals surface area contributed by atoms with Crippen molar-refractivity contribution in [2.45, 2.75) is 4.90 Å². The standard InChI is InChI=1S/C23H16N2O2S/c26-28(27,21-12-4-7-16-6-1-2-10-19(16)21)25-20-11-3-8-17-13-14-18-9-5-15-24-23(18)22(17)20/h1-15,25H. The molecule has 5 rings (SSSR count). The van der Waals surface area contributed by atoms with Crippen molar-refractivity contribution in [2.75, 3.05) is 4.72 Å². The summed E-state index contributed by atoms with van der Waals surface area (Å²) in [6.45, 7) is 0. The number of rotatable bonds is 3. The minimum Gasteiger partial charge on any atom is -0.279 e. The molecule has 0 aliphatic carbocycles. The monoisotopic (exact) mass is 384 g/mol. The van der Waals surface area contributed by atoms with Crippen molar-refractivity contribution in [1.82, 2.24) is 4.98 Å². The molecule has 0 fully saturated rings. The minimum absolute atomic E-state index is 0.260. The van der Waals surface area contributed by atoms with Crippen LogP contribution in [0.3, 0.4) is 0 Å². The van der Waals surface area contributed by atoms with Crippen LogP contribution in [0.1, 0.15) is 0 Å². The lowest BCUT2D eigenvalue weighted by Gasteiger charge is -2.13. The van der Waals surface area contributed by atoms with Gasteiger partial charge in [0, 0.05) is 22.4 Å². The molecule has 4 aromatic carbocycles. The molecule has 0 saturated heterocycles. The molecule has 0 amide bonds. The number of hydrogen-bond acceptors (Lipinski definition) is 3. The Hall–Kier alpha value is -3.44. The van der Waals surface area contributed by atoms with Gasteiger partial charge in [0.2, 0.25) is 0 Å². The molecule has 0 bridgehead atoms. The maximum atomic E-state index is 13.3. The Balaban J connectivity index is 1.72. The first-order valence-electron chi connectivity index (χ1n) is 8.90. The van der Waals surface area contributed by atoms with Crippen molar-refractivity contribution in [1.29, 1.82) is 0 Å². The quantitative estimate of drug-likeness (QED) is 0.427. The van der Waals surface area contributed by atoms with Gasteiger partial charge in [-0.2, -0.15) is 0 Å². The first-order chi connectivity index (χ1) is 13.6. The van der Waals surface area contributed by atoms with E-state index in [2.05, 4.69) is 9.71 Å². The maximum Gasteiger partial charge on any atom is 0.262 e. The highest BCUT2D eigenvalue weighted by Gasteiger charge is 2.19. The van der Waals surface area contributed by atoms with Crippen molar-refractivity contribution < 1.29 is 8.42 Å². The van der Waals surface area contributed by atoms with Gasteiger partial charge in [0.15, 0.2) is 0 Å². The zero-order chi connectivity index (χ0) is 19.1. The lowest BCUT2D eigenvalue weighted by molar-refractivity contribution is 0.602. The Morgan fingerprint density at radius 1 is 0.679 bits per heavy atom. The number of benzene rings is 4. The molecular formula is C23H16N2O2S. The predicted molar refractivity (Wildman–Crippen MR) is 114 cm³/mol. The first-order valence-corrected chi connectivity index (χ1v) is 10.4. The molecule has 5 heteroatoms. The predicted octanol–water partition coefficient (Wildman–Crippen LogP) is 5.34. The SMILES string of the molecule is O=S(=O)(Nc1cccc2ccc3cccnc3c12)c1cccc2ccccc12. The summed E-state index contributed by atoms with van der Waals surface area (Å²) in [5.41, 5.74) is 1.30. The minimum atomic E-state index is -3.78. The Bertz CT molecular complexity index is 1450. The van der Waals surface area contributed by atoms with Crippen LogP contribution in [0.5, 0.6) is 0 Å². The summed E-state index contributed by atoms with van der Waals surface area (Å²) < 4.78 is 29.3. The van der Waals surface area contributed by atoms with Gasteiger partial charge >= 0.3 is 0 Å². The van der Waals surface area contributed by atoms with Gasteiger partial charge in [0.05, 0.1) is 16.1 Å². The van der Waals surface area contributed by atoms with Crippen LogP contribution in [0.25, 0.3) is 32.4 Å². The third-order valence-corrected chi connectivity index (χ3v) is 6.32. The second kappa shape index (κ2) is 6.32. The van der Waals surface area contributed by atoms with E-state index >= 15 is 0 Å². The highest BCUT2D eigenvalue weighted by molar-refractivity contribution is 7.93. The van der Waals surface area contributed by atoms with Crippen molar-refractivity contribution in [3.8, 4) is 0 Å². The van der Waals surface area contributed by atoms with E-state index in [4.69, 9.17) is 0 Å². The highest BCUT2D eigenvalue weighted by atomic mass is 32.2. The average Bonchev–Trinajstić information content (AvgIpc) is 2.73. The van der Waals surface area contributed by atoms with Crippen LogP contribution in [0.2, 0.25) is 0 Å². The van der Waals surface area contributed by atoms with Crippen molar-refractivity contribution in [3.05, 3.63) is 91.1 Å². The van der Waals surface area contributed by atoms with E-state index in [-0.39, 0.29) is 4.90 Å². The van der Waals surface area contributed by atoms with Crippen molar-refractivity contribution >= 4 is 48.2 Å². The fourth-order valence-corrected chi connectivity index (χ4v) is 4.93.